The fourth-order valence-electron chi connectivity index (χ4n) is 3.39. The summed E-state index contributed by atoms with van der Waals surface area (Å²) in [5.74, 6) is 0.465. The van der Waals surface area contributed by atoms with E-state index >= 15 is 0 Å². The second-order valence-corrected chi connectivity index (χ2v) is 5.75. The summed E-state index contributed by atoms with van der Waals surface area (Å²) in [4.78, 5) is 0. The maximum Gasteiger partial charge on any atom is 0.0882 e. The summed E-state index contributed by atoms with van der Waals surface area (Å²) < 4.78 is 0. The second-order valence-electron chi connectivity index (χ2n) is 5.75. The summed E-state index contributed by atoms with van der Waals surface area (Å²) in [6.45, 7) is 2.23. The first kappa shape index (κ1) is 12.2. The van der Waals surface area contributed by atoms with E-state index in [2.05, 4.69) is 13.0 Å². The molecule has 1 fully saturated rings. The van der Waals surface area contributed by atoms with Crippen LogP contribution in [-0.4, -0.2) is 10.7 Å². The van der Waals surface area contributed by atoms with Gasteiger partial charge in [0, 0.05) is 0 Å². The Hall–Kier alpha value is -0.300. The highest BCUT2D eigenvalue weighted by atomic mass is 16.3. The van der Waals surface area contributed by atoms with E-state index in [1.807, 2.05) is 0 Å². The minimum absolute atomic E-state index is 0.449. The lowest BCUT2D eigenvalue weighted by molar-refractivity contribution is -0.0109. The number of rotatable bonds is 1. The normalized spacial score (nSPS) is 37.4. The van der Waals surface area contributed by atoms with E-state index in [4.69, 9.17) is 0 Å². The first-order valence-electron chi connectivity index (χ1n) is 7.15. The van der Waals surface area contributed by atoms with Crippen molar-refractivity contribution in [3.63, 3.8) is 0 Å². The zero-order chi connectivity index (χ0) is 11.4. The van der Waals surface area contributed by atoms with E-state index in [9.17, 15) is 5.11 Å². The van der Waals surface area contributed by atoms with E-state index in [0.717, 1.165) is 12.8 Å². The van der Waals surface area contributed by atoms with Gasteiger partial charge < -0.3 is 5.11 Å². The molecule has 0 bridgehead atoms. The minimum atomic E-state index is -0.449. The molecule has 1 saturated carbocycles. The molecular weight excluding hydrogens is 196 g/mol. The van der Waals surface area contributed by atoms with Crippen molar-refractivity contribution in [3.05, 3.63) is 11.6 Å². The van der Waals surface area contributed by atoms with Crippen LogP contribution in [0.4, 0.5) is 0 Å². The average molecular weight is 222 g/mol. The lowest BCUT2D eigenvalue weighted by atomic mass is 9.70. The number of aliphatic hydroxyl groups is 1. The van der Waals surface area contributed by atoms with Crippen LogP contribution in [-0.2, 0) is 0 Å². The fraction of sp³-hybridized carbons (Fsp3) is 0.867. The van der Waals surface area contributed by atoms with Crippen molar-refractivity contribution in [1.29, 1.82) is 0 Å². The smallest absolute Gasteiger partial charge is 0.0882 e. The topological polar surface area (TPSA) is 20.2 Å². The van der Waals surface area contributed by atoms with E-state index in [1.165, 1.54) is 56.9 Å². The Balaban J connectivity index is 2.12. The average Bonchev–Trinajstić information content (AvgIpc) is 2.22. The van der Waals surface area contributed by atoms with Gasteiger partial charge in [0.05, 0.1) is 5.60 Å². The van der Waals surface area contributed by atoms with Crippen LogP contribution in [0.3, 0.4) is 0 Å². The van der Waals surface area contributed by atoms with Crippen molar-refractivity contribution in [2.45, 2.75) is 76.7 Å². The van der Waals surface area contributed by atoms with Crippen LogP contribution in [0.2, 0.25) is 0 Å². The van der Waals surface area contributed by atoms with Crippen molar-refractivity contribution < 1.29 is 5.11 Å². The molecule has 2 atom stereocenters. The Kier molecular flexibility index (Phi) is 4.07. The predicted molar refractivity (Wildman–Crippen MR) is 68.4 cm³/mol. The lowest BCUT2D eigenvalue weighted by Gasteiger charge is -2.41. The lowest BCUT2D eigenvalue weighted by Crippen LogP contribution is -2.41. The van der Waals surface area contributed by atoms with E-state index in [1.54, 1.807) is 0 Å². The molecule has 2 aliphatic rings. The van der Waals surface area contributed by atoms with Crippen LogP contribution in [0.25, 0.3) is 0 Å². The number of hydrogen-bond donors (Lipinski definition) is 1. The zero-order valence-electron chi connectivity index (χ0n) is 10.7. The molecule has 1 N–H and O–H groups in total. The van der Waals surface area contributed by atoms with Crippen molar-refractivity contribution in [2.24, 2.45) is 5.92 Å². The first-order chi connectivity index (χ1) is 7.73. The van der Waals surface area contributed by atoms with Crippen LogP contribution in [0, 0.1) is 5.92 Å². The summed E-state index contributed by atoms with van der Waals surface area (Å²) in [6.07, 6.45) is 14.7. The highest BCUT2D eigenvalue weighted by Gasteiger charge is 2.38. The van der Waals surface area contributed by atoms with Crippen molar-refractivity contribution in [2.75, 3.05) is 0 Å². The molecule has 16 heavy (non-hydrogen) atoms. The van der Waals surface area contributed by atoms with E-state index < -0.39 is 5.60 Å². The van der Waals surface area contributed by atoms with Gasteiger partial charge in [-0.3, -0.25) is 0 Å². The van der Waals surface area contributed by atoms with Crippen LogP contribution < -0.4 is 0 Å². The van der Waals surface area contributed by atoms with Crippen LogP contribution in [0.1, 0.15) is 71.1 Å². The number of allylic oxidation sites excluding steroid dienone is 1. The first-order valence-corrected chi connectivity index (χ1v) is 7.15. The second kappa shape index (κ2) is 5.35. The molecule has 0 heterocycles. The largest absolute Gasteiger partial charge is 0.385 e. The van der Waals surface area contributed by atoms with Gasteiger partial charge in [-0.2, -0.15) is 0 Å². The Morgan fingerprint density at radius 2 is 1.94 bits per heavy atom. The zero-order valence-corrected chi connectivity index (χ0v) is 10.7. The molecule has 2 rings (SSSR count). The summed E-state index contributed by atoms with van der Waals surface area (Å²) >= 11 is 0. The van der Waals surface area contributed by atoms with Crippen LogP contribution in [0.5, 0.6) is 0 Å². The van der Waals surface area contributed by atoms with E-state index in [-0.39, 0.29) is 0 Å². The van der Waals surface area contributed by atoms with Gasteiger partial charge in [-0.25, -0.2) is 0 Å². The van der Waals surface area contributed by atoms with Gasteiger partial charge >= 0.3 is 0 Å². The molecule has 0 aliphatic heterocycles. The Morgan fingerprint density at radius 1 is 1.12 bits per heavy atom. The molecule has 2 aliphatic carbocycles. The molecular formula is C15H26O. The Bertz CT molecular complexity index is 256. The van der Waals surface area contributed by atoms with Crippen molar-refractivity contribution in [1.82, 2.24) is 0 Å². The molecule has 0 saturated heterocycles. The highest BCUT2D eigenvalue weighted by Crippen LogP contribution is 2.41. The van der Waals surface area contributed by atoms with Crippen molar-refractivity contribution >= 4 is 0 Å². The molecule has 1 heteroatoms. The van der Waals surface area contributed by atoms with Gasteiger partial charge in [-0.05, 0) is 50.0 Å². The monoisotopic (exact) mass is 222 g/mol. The third-order valence-corrected chi connectivity index (χ3v) is 4.61. The van der Waals surface area contributed by atoms with Gasteiger partial charge in [0.1, 0.15) is 0 Å². The van der Waals surface area contributed by atoms with Gasteiger partial charge in [0.15, 0.2) is 0 Å². The molecule has 0 aromatic rings. The molecule has 92 valence electrons. The maximum atomic E-state index is 10.9. The molecule has 2 unspecified atom stereocenters. The highest BCUT2D eigenvalue weighted by molar-refractivity contribution is 5.19. The van der Waals surface area contributed by atoms with Gasteiger partial charge in [0.25, 0.3) is 0 Å². The standard InChI is InChI=1S/C15H26O/c1-13-9-7-8-12-15(13,16)14-10-5-3-2-4-6-11-14/h10,13,16H,2-9,11-12H2,1H3. The third-order valence-electron chi connectivity index (χ3n) is 4.61. The summed E-state index contributed by atoms with van der Waals surface area (Å²) in [5, 5.41) is 10.9. The summed E-state index contributed by atoms with van der Waals surface area (Å²) in [7, 11) is 0. The van der Waals surface area contributed by atoms with E-state index in [0.29, 0.717) is 5.92 Å². The van der Waals surface area contributed by atoms with Crippen molar-refractivity contribution in [3.8, 4) is 0 Å². The molecule has 0 aromatic carbocycles. The predicted octanol–water partition coefficient (Wildman–Crippen LogP) is 4.21. The van der Waals surface area contributed by atoms with Gasteiger partial charge in [-0.1, -0.05) is 38.7 Å². The van der Waals surface area contributed by atoms with Crippen LogP contribution in [0.15, 0.2) is 11.6 Å². The van der Waals surface area contributed by atoms with Gasteiger partial charge in [0.2, 0.25) is 0 Å². The number of hydrogen-bond acceptors (Lipinski definition) is 1. The molecule has 0 amide bonds. The molecule has 0 aromatic heterocycles. The minimum Gasteiger partial charge on any atom is -0.385 e. The Morgan fingerprint density at radius 3 is 2.75 bits per heavy atom. The molecule has 0 radical (unpaired) electrons. The SMILES string of the molecule is CC1CCCCC1(O)C1=CCCCCCC1. The molecule has 0 spiro atoms. The fourth-order valence-corrected chi connectivity index (χ4v) is 3.39. The summed E-state index contributed by atoms with van der Waals surface area (Å²) in [5.41, 5.74) is 0.926. The quantitative estimate of drug-likeness (QED) is 0.659. The molecule has 1 nitrogen and oxygen atoms in total. The maximum absolute atomic E-state index is 10.9. The third kappa shape index (κ3) is 2.51. The summed E-state index contributed by atoms with van der Waals surface area (Å²) in [6, 6.07) is 0. The Labute approximate surface area is 99.9 Å². The van der Waals surface area contributed by atoms with Crippen LogP contribution >= 0.6 is 0 Å². The van der Waals surface area contributed by atoms with Gasteiger partial charge in [-0.15, -0.1) is 0 Å².